The lowest BCUT2D eigenvalue weighted by Gasteiger charge is -2.32. The third-order valence-electron chi connectivity index (χ3n) is 4.37. The van der Waals surface area contributed by atoms with Gasteiger partial charge in [0.05, 0.1) is 5.92 Å². The lowest BCUT2D eigenvalue weighted by molar-refractivity contribution is -0.136. The number of rotatable bonds is 5. The fraction of sp³-hybridized carbons (Fsp3) is 0.300. The van der Waals surface area contributed by atoms with Crippen molar-refractivity contribution in [3.8, 4) is 5.75 Å². The van der Waals surface area contributed by atoms with Crippen molar-refractivity contribution < 1.29 is 18.7 Å². The van der Waals surface area contributed by atoms with Gasteiger partial charge in [-0.25, -0.2) is 4.39 Å². The third kappa shape index (κ3) is 4.59. The van der Waals surface area contributed by atoms with E-state index in [-0.39, 0.29) is 30.1 Å². The summed E-state index contributed by atoms with van der Waals surface area (Å²) >= 11 is 0. The van der Waals surface area contributed by atoms with Crippen LogP contribution >= 0.6 is 0 Å². The summed E-state index contributed by atoms with van der Waals surface area (Å²) in [6.45, 7) is 0.681. The number of benzene rings is 2. The van der Waals surface area contributed by atoms with E-state index in [1.165, 1.54) is 12.1 Å². The number of anilines is 1. The van der Waals surface area contributed by atoms with Gasteiger partial charge in [-0.15, -0.1) is 0 Å². The summed E-state index contributed by atoms with van der Waals surface area (Å²) in [6.07, 6.45) is 1.48. The summed E-state index contributed by atoms with van der Waals surface area (Å²) < 4.78 is 18.8. The molecule has 2 aromatic rings. The molecule has 3 rings (SSSR count). The van der Waals surface area contributed by atoms with Gasteiger partial charge in [-0.1, -0.05) is 30.3 Å². The first-order valence-corrected chi connectivity index (χ1v) is 8.64. The molecular weight excluding hydrogens is 335 g/mol. The Labute approximate surface area is 151 Å². The van der Waals surface area contributed by atoms with Crippen molar-refractivity contribution in [3.63, 3.8) is 0 Å². The van der Waals surface area contributed by atoms with Crippen molar-refractivity contribution in [2.45, 2.75) is 12.8 Å². The van der Waals surface area contributed by atoms with Crippen molar-refractivity contribution in [2.75, 3.05) is 25.0 Å². The quantitative estimate of drug-likeness (QED) is 0.896. The van der Waals surface area contributed by atoms with Crippen LogP contribution in [0.25, 0.3) is 0 Å². The van der Waals surface area contributed by atoms with Crippen molar-refractivity contribution in [2.24, 2.45) is 5.92 Å². The minimum atomic E-state index is -0.501. The molecule has 1 atom stereocenters. The van der Waals surface area contributed by atoms with Crippen LogP contribution in [0.15, 0.2) is 54.6 Å². The number of nitrogens with zero attached hydrogens (tertiary/aromatic N) is 1. The summed E-state index contributed by atoms with van der Waals surface area (Å²) in [5.74, 6) is -1.05. The molecule has 6 heteroatoms. The summed E-state index contributed by atoms with van der Waals surface area (Å²) in [5, 5.41) is 2.88. The fourth-order valence-electron chi connectivity index (χ4n) is 2.98. The molecule has 1 fully saturated rings. The first-order valence-electron chi connectivity index (χ1n) is 8.64. The predicted molar refractivity (Wildman–Crippen MR) is 96.3 cm³/mol. The molecule has 5 nitrogen and oxygen atoms in total. The van der Waals surface area contributed by atoms with E-state index in [1.54, 1.807) is 17.0 Å². The zero-order valence-corrected chi connectivity index (χ0v) is 14.4. The van der Waals surface area contributed by atoms with E-state index in [0.29, 0.717) is 13.1 Å². The number of carbonyl (C=O) groups is 2. The Kier molecular flexibility index (Phi) is 5.84. The van der Waals surface area contributed by atoms with Gasteiger partial charge >= 0.3 is 0 Å². The van der Waals surface area contributed by atoms with Gasteiger partial charge in [-0.05, 0) is 37.1 Å². The molecule has 0 spiro atoms. The van der Waals surface area contributed by atoms with Crippen LogP contribution in [0.1, 0.15) is 12.8 Å². The lowest BCUT2D eigenvalue weighted by atomic mass is 9.97. The predicted octanol–water partition coefficient (Wildman–Crippen LogP) is 3.08. The van der Waals surface area contributed by atoms with Crippen LogP contribution in [-0.4, -0.2) is 36.4 Å². The van der Waals surface area contributed by atoms with E-state index >= 15 is 0 Å². The van der Waals surface area contributed by atoms with Gasteiger partial charge < -0.3 is 15.0 Å². The monoisotopic (exact) mass is 356 g/mol. The molecule has 1 aliphatic heterocycles. The third-order valence-corrected chi connectivity index (χ3v) is 4.37. The van der Waals surface area contributed by atoms with Gasteiger partial charge in [0.1, 0.15) is 0 Å². The molecule has 2 aromatic carbocycles. The second-order valence-electron chi connectivity index (χ2n) is 6.25. The topological polar surface area (TPSA) is 58.6 Å². The molecule has 0 aliphatic carbocycles. The molecule has 26 heavy (non-hydrogen) atoms. The van der Waals surface area contributed by atoms with Gasteiger partial charge in [0.15, 0.2) is 18.2 Å². The standard InChI is InChI=1S/C20H21FN2O3/c21-17-10-4-5-11-18(17)26-14-19(24)23-12-6-7-15(13-23)20(25)22-16-8-2-1-3-9-16/h1-5,8-11,15H,6-7,12-14H2,(H,22,25). The molecule has 1 heterocycles. The Hall–Kier alpha value is -2.89. The number of amides is 2. The van der Waals surface area contributed by atoms with Gasteiger partial charge in [-0.2, -0.15) is 0 Å². The molecule has 136 valence electrons. The Morgan fingerprint density at radius 3 is 2.62 bits per heavy atom. The van der Waals surface area contributed by atoms with Crippen LogP contribution in [0.4, 0.5) is 10.1 Å². The van der Waals surface area contributed by atoms with Crippen molar-refractivity contribution in [1.29, 1.82) is 0 Å². The maximum atomic E-state index is 13.6. The number of nitrogens with one attached hydrogen (secondary N) is 1. The number of halogens is 1. The summed E-state index contributed by atoms with van der Waals surface area (Å²) in [5.41, 5.74) is 0.740. The highest BCUT2D eigenvalue weighted by Gasteiger charge is 2.28. The van der Waals surface area contributed by atoms with Crippen LogP contribution in [0.2, 0.25) is 0 Å². The summed E-state index contributed by atoms with van der Waals surface area (Å²) in [7, 11) is 0. The number of likely N-dealkylation sites (tertiary alicyclic amines) is 1. The number of hydrogen-bond acceptors (Lipinski definition) is 3. The first-order chi connectivity index (χ1) is 12.6. The number of ether oxygens (including phenoxy) is 1. The molecule has 0 radical (unpaired) electrons. The van der Waals surface area contributed by atoms with Gasteiger partial charge in [0.2, 0.25) is 5.91 Å². The summed E-state index contributed by atoms with van der Waals surface area (Å²) in [4.78, 5) is 26.4. The van der Waals surface area contributed by atoms with Crippen LogP contribution in [0.5, 0.6) is 5.75 Å². The van der Waals surface area contributed by atoms with Gasteiger partial charge in [0, 0.05) is 18.8 Å². The Bertz CT molecular complexity index is 767. The average Bonchev–Trinajstić information content (AvgIpc) is 2.68. The molecule has 0 bridgehead atoms. The smallest absolute Gasteiger partial charge is 0.260 e. The van der Waals surface area contributed by atoms with Crippen LogP contribution in [0.3, 0.4) is 0 Å². The number of hydrogen-bond donors (Lipinski definition) is 1. The summed E-state index contributed by atoms with van der Waals surface area (Å²) in [6, 6.07) is 15.2. The van der Waals surface area contributed by atoms with Crippen LogP contribution < -0.4 is 10.1 Å². The van der Waals surface area contributed by atoms with Crippen molar-refractivity contribution >= 4 is 17.5 Å². The Morgan fingerprint density at radius 2 is 1.85 bits per heavy atom. The van der Waals surface area contributed by atoms with Crippen molar-refractivity contribution in [1.82, 2.24) is 4.90 Å². The highest BCUT2D eigenvalue weighted by Crippen LogP contribution is 2.20. The van der Waals surface area contributed by atoms with E-state index in [2.05, 4.69) is 5.32 Å². The van der Waals surface area contributed by atoms with Crippen molar-refractivity contribution in [3.05, 3.63) is 60.4 Å². The highest BCUT2D eigenvalue weighted by molar-refractivity contribution is 5.93. The second-order valence-corrected chi connectivity index (χ2v) is 6.25. The Morgan fingerprint density at radius 1 is 1.12 bits per heavy atom. The van der Waals surface area contributed by atoms with E-state index < -0.39 is 5.82 Å². The molecule has 0 saturated carbocycles. The maximum absolute atomic E-state index is 13.6. The fourth-order valence-corrected chi connectivity index (χ4v) is 2.98. The number of piperidine rings is 1. The molecular formula is C20H21FN2O3. The highest BCUT2D eigenvalue weighted by atomic mass is 19.1. The molecule has 1 N–H and O–H groups in total. The van der Waals surface area contributed by atoms with Gasteiger partial charge in [-0.3, -0.25) is 9.59 Å². The minimum absolute atomic E-state index is 0.0521. The maximum Gasteiger partial charge on any atom is 0.260 e. The average molecular weight is 356 g/mol. The van der Waals surface area contributed by atoms with E-state index in [1.807, 2.05) is 30.3 Å². The van der Waals surface area contributed by atoms with Gasteiger partial charge in [0.25, 0.3) is 5.91 Å². The molecule has 1 aliphatic rings. The molecule has 1 saturated heterocycles. The number of carbonyl (C=O) groups excluding carboxylic acids is 2. The van der Waals surface area contributed by atoms with Crippen LogP contribution in [-0.2, 0) is 9.59 Å². The normalized spacial score (nSPS) is 16.8. The largest absolute Gasteiger partial charge is 0.481 e. The van der Waals surface area contributed by atoms with E-state index in [4.69, 9.17) is 4.74 Å². The zero-order chi connectivity index (χ0) is 18.4. The molecule has 2 amide bonds. The first kappa shape index (κ1) is 17.9. The minimum Gasteiger partial charge on any atom is -0.481 e. The number of para-hydroxylation sites is 2. The SMILES string of the molecule is O=C(Nc1ccccc1)C1CCCN(C(=O)COc2ccccc2F)C1. The Balaban J connectivity index is 1.53. The van der Waals surface area contributed by atoms with E-state index in [9.17, 15) is 14.0 Å². The second kappa shape index (κ2) is 8.47. The van der Waals surface area contributed by atoms with Crippen LogP contribution in [0, 0.1) is 11.7 Å². The molecule has 1 unspecified atom stereocenters. The zero-order valence-electron chi connectivity index (χ0n) is 14.4. The molecule has 0 aromatic heterocycles. The lowest BCUT2D eigenvalue weighted by Crippen LogP contribution is -2.45. The van der Waals surface area contributed by atoms with E-state index in [0.717, 1.165) is 18.5 Å².